The Morgan fingerprint density at radius 3 is 1.00 bits per heavy atom. The van der Waals surface area contributed by atoms with E-state index in [1.54, 1.807) is 0 Å². The van der Waals surface area contributed by atoms with Crippen LogP contribution in [0.25, 0.3) is 0 Å². The van der Waals surface area contributed by atoms with Gasteiger partial charge in [-0.2, -0.15) is 0 Å². The molecule has 4 nitrogen and oxygen atoms in total. The summed E-state index contributed by atoms with van der Waals surface area (Å²) in [5.41, 5.74) is -0.288. The van der Waals surface area contributed by atoms with Gasteiger partial charge in [0, 0.05) is 21.7 Å². The zero-order chi connectivity index (χ0) is 26.5. The van der Waals surface area contributed by atoms with Crippen molar-refractivity contribution in [1.82, 2.24) is 0 Å². The molecule has 0 spiro atoms. The Bertz CT molecular complexity index is 1010. The van der Waals surface area contributed by atoms with E-state index in [1.807, 2.05) is 22.7 Å². The summed E-state index contributed by atoms with van der Waals surface area (Å²) in [7, 11) is 0. The molecule has 0 aromatic carbocycles. The van der Waals surface area contributed by atoms with Crippen molar-refractivity contribution >= 4 is 22.7 Å². The molecule has 4 heterocycles. The third-order valence-corrected chi connectivity index (χ3v) is 13.0. The van der Waals surface area contributed by atoms with Crippen molar-refractivity contribution in [3.63, 3.8) is 0 Å². The topological polar surface area (TPSA) is 36.9 Å². The Hall–Kier alpha value is -1.40. The van der Waals surface area contributed by atoms with Gasteiger partial charge in [-0.3, -0.25) is 0 Å². The molecule has 202 valence electrons. The minimum atomic E-state index is -0.174. The molecule has 36 heavy (non-hydrogen) atoms. The van der Waals surface area contributed by atoms with Gasteiger partial charge < -0.3 is 18.9 Å². The first-order valence-electron chi connectivity index (χ1n) is 13.8. The molecule has 2 aliphatic rings. The lowest BCUT2D eigenvalue weighted by molar-refractivity contribution is 0.153. The normalized spacial score (nSPS) is 19.1. The van der Waals surface area contributed by atoms with Gasteiger partial charge in [-0.05, 0) is 25.7 Å². The third-order valence-electron chi connectivity index (χ3n) is 9.43. The zero-order valence-corrected chi connectivity index (χ0v) is 25.7. The second kappa shape index (κ2) is 9.72. The lowest BCUT2D eigenvalue weighted by Gasteiger charge is -2.46. The van der Waals surface area contributed by atoms with Crippen molar-refractivity contribution in [1.29, 1.82) is 0 Å². The van der Waals surface area contributed by atoms with Crippen LogP contribution in [0.1, 0.15) is 114 Å². The number of hydrogen-bond acceptors (Lipinski definition) is 6. The molecule has 0 N–H and O–H groups in total. The van der Waals surface area contributed by atoms with Gasteiger partial charge in [0.2, 0.25) is 0 Å². The van der Waals surface area contributed by atoms with Crippen LogP contribution in [0.4, 0.5) is 0 Å². The summed E-state index contributed by atoms with van der Waals surface area (Å²) in [5.74, 6) is 3.91. The molecule has 2 unspecified atom stereocenters. The van der Waals surface area contributed by atoms with Crippen LogP contribution in [0, 0.1) is 0 Å². The minimum absolute atomic E-state index is 0.0301. The lowest BCUT2D eigenvalue weighted by Crippen LogP contribution is -2.44. The van der Waals surface area contributed by atoms with Crippen LogP contribution in [-0.2, 0) is 21.7 Å². The first kappa shape index (κ1) is 27.6. The number of thiophene rings is 2. The van der Waals surface area contributed by atoms with Gasteiger partial charge in [-0.25, -0.2) is 0 Å². The van der Waals surface area contributed by atoms with E-state index in [-0.39, 0.29) is 21.7 Å². The highest BCUT2D eigenvalue weighted by Crippen LogP contribution is 2.63. The summed E-state index contributed by atoms with van der Waals surface area (Å²) in [6.45, 7) is 25.8. The fraction of sp³-hybridized carbons (Fsp3) is 0.733. The summed E-state index contributed by atoms with van der Waals surface area (Å²) in [6.07, 6.45) is 4.07. The number of ether oxygens (including phenoxy) is 4. The van der Waals surface area contributed by atoms with Crippen molar-refractivity contribution in [2.24, 2.45) is 0 Å². The molecule has 2 aliphatic heterocycles. The Kier molecular flexibility index (Phi) is 7.46. The van der Waals surface area contributed by atoms with E-state index in [9.17, 15) is 0 Å². The van der Waals surface area contributed by atoms with Crippen LogP contribution in [-0.4, -0.2) is 26.4 Å². The van der Waals surface area contributed by atoms with Crippen LogP contribution >= 0.6 is 22.7 Å². The van der Waals surface area contributed by atoms with Crippen LogP contribution in [0.15, 0.2) is 0 Å². The summed E-state index contributed by atoms with van der Waals surface area (Å²) in [6, 6.07) is 0. The predicted molar refractivity (Wildman–Crippen MR) is 153 cm³/mol. The van der Waals surface area contributed by atoms with Gasteiger partial charge in [-0.15, -0.1) is 22.7 Å². The molecule has 0 aliphatic carbocycles. The fourth-order valence-corrected chi connectivity index (χ4v) is 8.86. The molecule has 4 rings (SSSR count). The Labute approximate surface area is 226 Å². The molecule has 2 aromatic heterocycles. The Balaban J connectivity index is 1.97. The predicted octanol–water partition coefficient (Wildman–Crippen LogP) is 8.76. The average Bonchev–Trinajstić information content (AvgIpc) is 3.48. The quantitative estimate of drug-likeness (QED) is 0.322. The first-order chi connectivity index (χ1) is 16.9. The lowest BCUT2D eigenvalue weighted by atomic mass is 9.60. The smallest absolute Gasteiger partial charge is 0.176 e. The van der Waals surface area contributed by atoms with Gasteiger partial charge in [0.25, 0.3) is 0 Å². The molecule has 2 atom stereocenters. The average molecular weight is 535 g/mol. The zero-order valence-electron chi connectivity index (χ0n) is 24.1. The second-order valence-corrected chi connectivity index (χ2v) is 14.1. The molecule has 0 saturated carbocycles. The van der Waals surface area contributed by atoms with E-state index in [0.29, 0.717) is 26.4 Å². The van der Waals surface area contributed by atoms with E-state index in [4.69, 9.17) is 18.9 Å². The molecule has 0 bridgehead atoms. The van der Waals surface area contributed by atoms with E-state index < -0.39 is 0 Å². The largest absolute Gasteiger partial charge is 0.485 e. The van der Waals surface area contributed by atoms with Crippen molar-refractivity contribution in [3.8, 4) is 23.0 Å². The molecule has 0 fully saturated rings. The SMILES string of the molecule is CCC(C)(C)c1sc(C(C)(CC)C(C)(CC)c2sc(C(C)(C)CC)c3c2OCCO3)c2c1OCCO2. The van der Waals surface area contributed by atoms with E-state index in [2.05, 4.69) is 69.2 Å². The summed E-state index contributed by atoms with van der Waals surface area (Å²) in [5, 5.41) is 0. The van der Waals surface area contributed by atoms with E-state index in [0.717, 1.165) is 48.7 Å². The van der Waals surface area contributed by atoms with E-state index in [1.165, 1.54) is 19.5 Å². The van der Waals surface area contributed by atoms with Crippen molar-refractivity contribution < 1.29 is 18.9 Å². The van der Waals surface area contributed by atoms with Crippen molar-refractivity contribution in [3.05, 3.63) is 19.5 Å². The summed E-state index contributed by atoms with van der Waals surface area (Å²) >= 11 is 3.82. The van der Waals surface area contributed by atoms with Crippen molar-refractivity contribution in [2.45, 2.75) is 117 Å². The fourth-order valence-electron chi connectivity index (χ4n) is 5.44. The molecule has 0 saturated heterocycles. The van der Waals surface area contributed by atoms with Crippen molar-refractivity contribution in [2.75, 3.05) is 26.4 Å². The van der Waals surface area contributed by atoms with Crippen LogP contribution in [0.5, 0.6) is 23.0 Å². The van der Waals surface area contributed by atoms with Gasteiger partial charge >= 0.3 is 0 Å². The van der Waals surface area contributed by atoms with Crippen LogP contribution < -0.4 is 18.9 Å². The monoisotopic (exact) mass is 534 g/mol. The maximum Gasteiger partial charge on any atom is 0.176 e. The van der Waals surface area contributed by atoms with Crippen LogP contribution in [0.2, 0.25) is 0 Å². The Morgan fingerprint density at radius 2 is 0.750 bits per heavy atom. The second-order valence-electron chi connectivity index (χ2n) is 12.1. The van der Waals surface area contributed by atoms with E-state index >= 15 is 0 Å². The number of hydrogen-bond donors (Lipinski definition) is 0. The summed E-state index contributed by atoms with van der Waals surface area (Å²) < 4.78 is 25.5. The molecule has 0 radical (unpaired) electrons. The standard InChI is InChI=1S/C30H46O4S2/c1-11-27(5,6)23-19-21(33-17-15-31-19)25(35-23)29(9,13-3)30(10,14-4)26-22-20(32-16-18-34-22)24(36-26)28(7,8)12-2/h11-18H2,1-10H3. The number of fused-ring (bicyclic) bond motifs is 2. The van der Waals surface area contributed by atoms with Gasteiger partial charge in [0.15, 0.2) is 23.0 Å². The molecule has 2 aromatic rings. The third kappa shape index (κ3) is 4.05. The maximum absolute atomic E-state index is 6.42. The van der Waals surface area contributed by atoms with Gasteiger partial charge in [0.05, 0.1) is 19.5 Å². The molecular weight excluding hydrogens is 488 g/mol. The highest BCUT2D eigenvalue weighted by atomic mass is 32.1. The molecular formula is C30H46O4S2. The molecule has 6 heteroatoms. The minimum Gasteiger partial charge on any atom is -0.485 e. The Morgan fingerprint density at radius 1 is 0.472 bits per heavy atom. The van der Waals surface area contributed by atoms with Crippen LogP contribution in [0.3, 0.4) is 0 Å². The highest BCUT2D eigenvalue weighted by Gasteiger charge is 2.53. The maximum atomic E-state index is 6.42. The van der Waals surface area contributed by atoms with Gasteiger partial charge in [0.1, 0.15) is 26.4 Å². The van der Waals surface area contributed by atoms with Gasteiger partial charge in [-0.1, -0.05) is 69.2 Å². The first-order valence-corrected chi connectivity index (χ1v) is 15.4. The number of rotatable bonds is 9. The molecule has 0 amide bonds. The highest BCUT2D eigenvalue weighted by molar-refractivity contribution is 7.13. The summed E-state index contributed by atoms with van der Waals surface area (Å²) in [4.78, 5) is 5.26.